The zero-order valence-corrected chi connectivity index (χ0v) is 10.2. The first-order valence-electron chi connectivity index (χ1n) is 5.97. The lowest BCUT2D eigenvalue weighted by Gasteiger charge is -2.21. The second kappa shape index (κ2) is 5.51. The van der Waals surface area contributed by atoms with E-state index < -0.39 is 5.97 Å². The molecular weight excluding hydrogens is 248 g/mol. The van der Waals surface area contributed by atoms with E-state index >= 15 is 0 Å². The van der Waals surface area contributed by atoms with Gasteiger partial charge in [0.1, 0.15) is 0 Å². The molecule has 1 aliphatic heterocycles. The summed E-state index contributed by atoms with van der Waals surface area (Å²) < 4.78 is 0. The fourth-order valence-electron chi connectivity index (χ4n) is 1.93. The van der Waals surface area contributed by atoms with Crippen molar-refractivity contribution in [2.75, 3.05) is 11.9 Å². The Balaban J connectivity index is 2.00. The van der Waals surface area contributed by atoms with Crippen molar-refractivity contribution in [3.05, 3.63) is 29.8 Å². The summed E-state index contributed by atoms with van der Waals surface area (Å²) in [6.45, 7) is 0.323. The molecule has 100 valence electrons. The number of amides is 2. The summed E-state index contributed by atoms with van der Waals surface area (Å²) in [6.07, 6.45) is 0.851. The number of carbonyl (C=O) groups is 3. The minimum Gasteiger partial charge on any atom is -0.478 e. The van der Waals surface area contributed by atoms with E-state index in [0.29, 0.717) is 25.1 Å². The molecule has 6 heteroatoms. The summed E-state index contributed by atoms with van der Waals surface area (Å²) in [7, 11) is 0. The second-order valence-electron chi connectivity index (χ2n) is 4.41. The van der Waals surface area contributed by atoms with E-state index in [1.807, 2.05) is 0 Å². The number of carboxylic acids is 1. The number of anilines is 1. The van der Waals surface area contributed by atoms with Crippen LogP contribution in [0, 0.1) is 5.92 Å². The van der Waals surface area contributed by atoms with Crippen LogP contribution in [0.3, 0.4) is 0 Å². The first kappa shape index (κ1) is 13.1. The van der Waals surface area contributed by atoms with E-state index in [4.69, 9.17) is 5.11 Å². The number of nitrogens with one attached hydrogen (secondary N) is 2. The maximum Gasteiger partial charge on any atom is 0.335 e. The van der Waals surface area contributed by atoms with Crippen LogP contribution in [0.1, 0.15) is 23.2 Å². The summed E-state index contributed by atoms with van der Waals surface area (Å²) in [4.78, 5) is 33.8. The predicted octanol–water partition coefficient (Wildman–Crippen LogP) is 0.849. The molecule has 0 radical (unpaired) electrons. The van der Waals surface area contributed by atoms with Gasteiger partial charge in [0, 0.05) is 18.7 Å². The second-order valence-corrected chi connectivity index (χ2v) is 4.41. The minimum atomic E-state index is -1.04. The fraction of sp³-hybridized carbons (Fsp3) is 0.308. The summed E-state index contributed by atoms with van der Waals surface area (Å²) in [5.41, 5.74) is 0.566. The maximum absolute atomic E-state index is 11.9. The molecule has 3 N–H and O–H groups in total. The molecule has 1 heterocycles. The normalized spacial score (nSPS) is 18.5. The zero-order valence-electron chi connectivity index (χ0n) is 10.2. The van der Waals surface area contributed by atoms with E-state index in [0.717, 1.165) is 0 Å². The summed E-state index contributed by atoms with van der Waals surface area (Å²) >= 11 is 0. The van der Waals surface area contributed by atoms with Gasteiger partial charge in [-0.3, -0.25) is 9.59 Å². The molecular formula is C13H14N2O4. The van der Waals surface area contributed by atoms with Gasteiger partial charge in [-0.25, -0.2) is 4.79 Å². The van der Waals surface area contributed by atoms with Crippen molar-refractivity contribution in [1.29, 1.82) is 0 Å². The number of piperidine rings is 1. The van der Waals surface area contributed by atoms with Crippen molar-refractivity contribution in [2.45, 2.75) is 12.8 Å². The van der Waals surface area contributed by atoms with E-state index in [1.165, 1.54) is 12.1 Å². The highest BCUT2D eigenvalue weighted by molar-refractivity contribution is 5.96. The van der Waals surface area contributed by atoms with Crippen LogP contribution >= 0.6 is 0 Å². The van der Waals surface area contributed by atoms with Crippen molar-refractivity contribution in [3.63, 3.8) is 0 Å². The lowest BCUT2D eigenvalue weighted by molar-refractivity contribution is -0.126. The number of hydrogen-bond acceptors (Lipinski definition) is 3. The molecule has 0 aromatic heterocycles. The fourth-order valence-corrected chi connectivity index (χ4v) is 1.93. The Morgan fingerprint density at radius 1 is 1.37 bits per heavy atom. The molecule has 1 fully saturated rings. The number of carboxylic acid groups (broad SMARTS) is 1. The monoisotopic (exact) mass is 262 g/mol. The topological polar surface area (TPSA) is 95.5 Å². The van der Waals surface area contributed by atoms with Gasteiger partial charge in [-0.2, -0.15) is 0 Å². The Labute approximate surface area is 109 Å². The van der Waals surface area contributed by atoms with Crippen LogP contribution in [0.5, 0.6) is 0 Å². The molecule has 1 saturated heterocycles. The van der Waals surface area contributed by atoms with Gasteiger partial charge >= 0.3 is 5.97 Å². The van der Waals surface area contributed by atoms with Gasteiger partial charge in [-0.15, -0.1) is 0 Å². The maximum atomic E-state index is 11.9. The molecule has 1 atom stereocenters. The summed E-state index contributed by atoms with van der Waals surface area (Å²) in [5, 5.41) is 14.2. The van der Waals surface area contributed by atoms with Crippen molar-refractivity contribution in [1.82, 2.24) is 5.32 Å². The Hall–Kier alpha value is -2.37. The molecule has 2 rings (SSSR count). The average Bonchev–Trinajstić information content (AvgIpc) is 2.39. The van der Waals surface area contributed by atoms with Crippen LogP contribution in [-0.4, -0.2) is 29.4 Å². The largest absolute Gasteiger partial charge is 0.478 e. The van der Waals surface area contributed by atoms with E-state index in [-0.39, 0.29) is 23.3 Å². The number of aromatic carboxylic acids is 1. The first-order chi connectivity index (χ1) is 9.06. The van der Waals surface area contributed by atoms with Gasteiger partial charge in [-0.05, 0) is 24.6 Å². The molecule has 2 amide bonds. The van der Waals surface area contributed by atoms with E-state index in [1.54, 1.807) is 12.1 Å². The Bertz CT molecular complexity index is 517. The van der Waals surface area contributed by atoms with Crippen LogP contribution in [0.2, 0.25) is 0 Å². The molecule has 1 unspecified atom stereocenters. The molecule has 19 heavy (non-hydrogen) atoms. The summed E-state index contributed by atoms with van der Waals surface area (Å²) in [6, 6.07) is 6.06. The Kier molecular flexibility index (Phi) is 3.79. The lowest BCUT2D eigenvalue weighted by atomic mass is 9.98. The highest BCUT2D eigenvalue weighted by Gasteiger charge is 2.24. The number of hydrogen-bond donors (Lipinski definition) is 3. The highest BCUT2D eigenvalue weighted by atomic mass is 16.4. The van der Waals surface area contributed by atoms with Crippen LogP contribution in [-0.2, 0) is 9.59 Å². The van der Waals surface area contributed by atoms with Crippen molar-refractivity contribution in [2.24, 2.45) is 5.92 Å². The average molecular weight is 262 g/mol. The molecule has 0 bridgehead atoms. The molecule has 0 aliphatic carbocycles. The lowest BCUT2D eigenvalue weighted by Crippen LogP contribution is -2.40. The summed E-state index contributed by atoms with van der Waals surface area (Å²) in [5.74, 6) is -1.56. The third-order valence-electron chi connectivity index (χ3n) is 3.01. The SMILES string of the molecule is O=C1CCC(C(=O)Nc2cccc(C(=O)O)c2)CN1. The predicted molar refractivity (Wildman–Crippen MR) is 67.8 cm³/mol. The first-order valence-corrected chi connectivity index (χ1v) is 5.97. The smallest absolute Gasteiger partial charge is 0.335 e. The van der Waals surface area contributed by atoms with Crippen molar-refractivity contribution in [3.8, 4) is 0 Å². The molecule has 0 spiro atoms. The molecule has 1 aromatic carbocycles. The number of rotatable bonds is 3. The van der Waals surface area contributed by atoms with Crippen LogP contribution in [0.4, 0.5) is 5.69 Å². The van der Waals surface area contributed by atoms with Gasteiger partial charge in [0.2, 0.25) is 11.8 Å². The van der Waals surface area contributed by atoms with E-state index in [2.05, 4.69) is 10.6 Å². The highest BCUT2D eigenvalue weighted by Crippen LogP contribution is 2.16. The quantitative estimate of drug-likeness (QED) is 0.752. The van der Waals surface area contributed by atoms with Gasteiger partial charge in [-0.1, -0.05) is 6.07 Å². The number of benzene rings is 1. The van der Waals surface area contributed by atoms with E-state index in [9.17, 15) is 14.4 Å². The van der Waals surface area contributed by atoms with Gasteiger partial charge in [0.25, 0.3) is 0 Å². The molecule has 1 aliphatic rings. The third-order valence-corrected chi connectivity index (χ3v) is 3.01. The van der Waals surface area contributed by atoms with Crippen LogP contribution in [0.25, 0.3) is 0 Å². The molecule has 6 nitrogen and oxygen atoms in total. The van der Waals surface area contributed by atoms with Crippen LogP contribution in [0.15, 0.2) is 24.3 Å². The van der Waals surface area contributed by atoms with Gasteiger partial charge in [0.15, 0.2) is 0 Å². The molecule has 0 saturated carbocycles. The number of carbonyl (C=O) groups excluding carboxylic acids is 2. The van der Waals surface area contributed by atoms with Crippen molar-refractivity contribution < 1.29 is 19.5 Å². The third kappa shape index (κ3) is 3.31. The molecule has 1 aromatic rings. The van der Waals surface area contributed by atoms with Gasteiger partial charge in [0.05, 0.1) is 11.5 Å². The minimum absolute atomic E-state index is 0.0445. The Morgan fingerprint density at radius 3 is 2.79 bits per heavy atom. The Morgan fingerprint density at radius 2 is 2.16 bits per heavy atom. The zero-order chi connectivity index (χ0) is 13.8. The van der Waals surface area contributed by atoms with Crippen LogP contribution < -0.4 is 10.6 Å². The standard InChI is InChI=1S/C13H14N2O4/c16-11-5-4-9(7-14-11)12(17)15-10-3-1-2-8(6-10)13(18)19/h1-3,6,9H,4-5,7H2,(H,14,16)(H,15,17)(H,18,19). The van der Waals surface area contributed by atoms with Crippen molar-refractivity contribution >= 4 is 23.5 Å². The van der Waals surface area contributed by atoms with Gasteiger partial charge < -0.3 is 15.7 Å².